The molecule has 5 heteroatoms. The Kier molecular flexibility index (Phi) is 3.58. The highest BCUT2D eigenvalue weighted by atomic mass is 15.5. The molecule has 0 radical (unpaired) electrons. The molecule has 0 bridgehead atoms. The molecule has 2 heterocycles. The van der Waals surface area contributed by atoms with E-state index < -0.39 is 0 Å². The standard InChI is InChI=1S/C10H23N5/c1-10(11,14-6-2-12-3-7-14)15-8-4-13-5-9-15/h12-13H,2-9,11H2,1H3. The van der Waals surface area contributed by atoms with Crippen LogP contribution in [0.1, 0.15) is 6.92 Å². The maximum Gasteiger partial charge on any atom is 0.123 e. The van der Waals surface area contributed by atoms with E-state index in [9.17, 15) is 0 Å². The lowest BCUT2D eigenvalue weighted by atomic mass is 10.2. The van der Waals surface area contributed by atoms with Gasteiger partial charge in [0.15, 0.2) is 0 Å². The second-order valence-electron chi connectivity index (χ2n) is 4.57. The number of hydrogen-bond acceptors (Lipinski definition) is 5. The second kappa shape index (κ2) is 4.76. The van der Waals surface area contributed by atoms with Gasteiger partial charge in [-0.15, -0.1) is 0 Å². The van der Waals surface area contributed by atoms with Gasteiger partial charge in [0.25, 0.3) is 0 Å². The van der Waals surface area contributed by atoms with Gasteiger partial charge in [0.2, 0.25) is 0 Å². The minimum absolute atomic E-state index is 0.274. The van der Waals surface area contributed by atoms with Gasteiger partial charge in [-0.2, -0.15) is 0 Å². The maximum atomic E-state index is 6.46. The third kappa shape index (κ3) is 2.49. The van der Waals surface area contributed by atoms with Crippen LogP contribution in [0.3, 0.4) is 0 Å². The van der Waals surface area contributed by atoms with E-state index in [0.29, 0.717) is 0 Å². The molecule has 0 amide bonds. The lowest BCUT2D eigenvalue weighted by Gasteiger charge is -2.49. The van der Waals surface area contributed by atoms with Crippen molar-refractivity contribution in [2.45, 2.75) is 12.7 Å². The van der Waals surface area contributed by atoms with Gasteiger partial charge >= 0.3 is 0 Å². The molecule has 5 nitrogen and oxygen atoms in total. The lowest BCUT2D eigenvalue weighted by Crippen LogP contribution is -2.70. The van der Waals surface area contributed by atoms with Crippen LogP contribution in [0.5, 0.6) is 0 Å². The third-order valence-corrected chi connectivity index (χ3v) is 3.51. The third-order valence-electron chi connectivity index (χ3n) is 3.51. The van der Waals surface area contributed by atoms with Crippen molar-refractivity contribution in [1.82, 2.24) is 20.4 Å². The number of piperazine rings is 2. The minimum atomic E-state index is -0.274. The molecule has 2 rings (SSSR count). The highest BCUT2D eigenvalue weighted by Gasteiger charge is 2.34. The Labute approximate surface area is 92.0 Å². The molecule has 4 N–H and O–H groups in total. The van der Waals surface area contributed by atoms with Gasteiger partial charge in [0.1, 0.15) is 5.79 Å². The summed E-state index contributed by atoms with van der Waals surface area (Å²) in [6.45, 7) is 10.6. The molecule has 2 fully saturated rings. The van der Waals surface area contributed by atoms with Gasteiger partial charge in [-0.3, -0.25) is 9.80 Å². The first-order chi connectivity index (χ1) is 7.21. The Morgan fingerprint density at radius 1 is 0.867 bits per heavy atom. The van der Waals surface area contributed by atoms with Crippen LogP contribution in [0.2, 0.25) is 0 Å². The van der Waals surface area contributed by atoms with Gasteiger partial charge in [0.05, 0.1) is 0 Å². The Bertz CT molecular complexity index is 174. The first-order valence-electron chi connectivity index (χ1n) is 5.92. The molecule has 2 aliphatic heterocycles. The van der Waals surface area contributed by atoms with Gasteiger partial charge in [0, 0.05) is 52.4 Å². The normalized spacial score (nSPS) is 26.8. The van der Waals surface area contributed by atoms with Crippen molar-refractivity contribution in [2.24, 2.45) is 5.73 Å². The summed E-state index contributed by atoms with van der Waals surface area (Å²) in [6.07, 6.45) is 0. The monoisotopic (exact) mass is 213 g/mol. The number of nitrogens with zero attached hydrogens (tertiary/aromatic N) is 2. The van der Waals surface area contributed by atoms with E-state index in [1.807, 2.05) is 0 Å². The van der Waals surface area contributed by atoms with Crippen molar-refractivity contribution in [2.75, 3.05) is 52.4 Å². The van der Waals surface area contributed by atoms with Crippen LogP contribution >= 0.6 is 0 Å². The highest BCUT2D eigenvalue weighted by molar-refractivity contribution is 4.86. The van der Waals surface area contributed by atoms with Gasteiger partial charge in [-0.1, -0.05) is 0 Å². The number of hydrogen-bond donors (Lipinski definition) is 3. The van der Waals surface area contributed by atoms with E-state index >= 15 is 0 Å². The molecule has 2 saturated heterocycles. The molecule has 0 aromatic rings. The van der Waals surface area contributed by atoms with E-state index in [4.69, 9.17) is 5.73 Å². The van der Waals surface area contributed by atoms with Crippen LogP contribution in [0.4, 0.5) is 0 Å². The molecule has 0 unspecified atom stereocenters. The zero-order valence-corrected chi connectivity index (χ0v) is 9.63. The Morgan fingerprint density at radius 2 is 1.20 bits per heavy atom. The smallest absolute Gasteiger partial charge is 0.123 e. The minimum Gasteiger partial charge on any atom is -0.314 e. The molecule has 0 aliphatic carbocycles. The summed E-state index contributed by atoms with van der Waals surface area (Å²) in [5, 5.41) is 6.72. The van der Waals surface area contributed by atoms with E-state index in [1.165, 1.54) is 0 Å². The van der Waals surface area contributed by atoms with Crippen molar-refractivity contribution in [1.29, 1.82) is 0 Å². The van der Waals surface area contributed by atoms with Crippen molar-refractivity contribution in [3.8, 4) is 0 Å². The summed E-state index contributed by atoms with van der Waals surface area (Å²) in [6, 6.07) is 0. The predicted octanol–water partition coefficient (Wildman–Crippen LogP) is -1.57. The average Bonchev–Trinajstić information content (AvgIpc) is 2.31. The van der Waals surface area contributed by atoms with Gasteiger partial charge in [-0.25, -0.2) is 0 Å². The first-order valence-corrected chi connectivity index (χ1v) is 5.92. The SMILES string of the molecule is CC(N)(N1CCNCC1)N1CCNCC1. The first kappa shape index (κ1) is 11.3. The molecule has 2 aliphatic rings. The van der Waals surface area contributed by atoms with Gasteiger partial charge < -0.3 is 16.4 Å². The van der Waals surface area contributed by atoms with Crippen molar-refractivity contribution >= 4 is 0 Å². The number of rotatable bonds is 2. The highest BCUT2D eigenvalue weighted by Crippen LogP contribution is 2.15. The zero-order valence-electron chi connectivity index (χ0n) is 9.63. The Hall–Kier alpha value is -0.200. The lowest BCUT2D eigenvalue weighted by molar-refractivity contribution is -0.0536. The van der Waals surface area contributed by atoms with Crippen molar-refractivity contribution < 1.29 is 0 Å². The molecular weight excluding hydrogens is 190 g/mol. The van der Waals surface area contributed by atoms with E-state index in [1.54, 1.807) is 0 Å². The van der Waals surface area contributed by atoms with Crippen LogP contribution in [0.25, 0.3) is 0 Å². The molecule has 0 atom stereocenters. The van der Waals surface area contributed by atoms with Crippen LogP contribution in [0, 0.1) is 0 Å². The van der Waals surface area contributed by atoms with Crippen LogP contribution < -0.4 is 16.4 Å². The summed E-state index contributed by atoms with van der Waals surface area (Å²) in [5.41, 5.74) is 6.46. The van der Waals surface area contributed by atoms with Crippen LogP contribution in [-0.4, -0.2) is 67.9 Å². The molecule has 88 valence electrons. The van der Waals surface area contributed by atoms with Crippen molar-refractivity contribution in [3.63, 3.8) is 0 Å². The zero-order chi connectivity index (χ0) is 10.7. The molecular formula is C10H23N5. The fourth-order valence-corrected chi connectivity index (χ4v) is 2.44. The molecule has 0 aromatic carbocycles. The van der Waals surface area contributed by atoms with E-state index in [2.05, 4.69) is 27.4 Å². The largest absolute Gasteiger partial charge is 0.314 e. The second-order valence-corrected chi connectivity index (χ2v) is 4.57. The molecule has 0 spiro atoms. The van der Waals surface area contributed by atoms with Crippen LogP contribution in [0.15, 0.2) is 0 Å². The summed E-state index contributed by atoms with van der Waals surface area (Å²) in [4.78, 5) is 4.77. The Balaban J connectivity index is 1.96. The summed E-state index contributed by atoms with van der Waals surface area (Å²) >= 11 is 0. The van der Waals surface area contributed by atoms with Gasteiger partial charge in [-0.05, 0) is 6.92 Å². The van der Waals surface area contributed by atoms with Crippen molar-refractivity contribution in [3.05, 3.63) is 0 Å². The quantitative estimate of drug-likeness (QED) is 0.517. The van der Waals surface area contributed by atoms with Crippen LogP contribution in [-0.2, 0) is 0 Å². The predicted molar refractivity (Wildman–Crippen MR) is 61.5 cm³/mol. The fourth-order valence-electron chi connectivity index (χ4n) is 2.44. The maximum absolute atomic E-state index is 6.46. The summed E-state index contributed by atoms with van der Waals surface area (Å²) in [7, 11) is 0. The molecule has 0 aromatic heterocycles. The topological polar surface area (TPSA) is 56.6 Å². The van der Waals surface area contributed by atoms with E-state index in [0.717, 1.165) is 52.4 Å². The fraction of sp³-hybridized carbons (Fsp3) is 1.00. The summed E-state index contributed by atoms with van der Waals surface area (Å²) < 4.78 is 0. The average molecular weight is 213 g/mol. The number of nitrogens with two attached hydrogens (primary N) is 1. The molecule has 0 saturated carbocycles. The molecule has 15 heavy (non-hydrogen) atoms. The summed E-state index contributed by atoms with van der Waals surface area (Å²) in [5.74, 6) is -0.274. The number of nitrogens with one attached hydrogen (secondary N) is 2. The Morgan fingerprint density at radius 3 is 1.53 bits per heavy atom. The van der Waals surface area contributed by atoms with E-state index in [-0.39, 0.29) is 5.79 Å².